The van der Waals surface area contributed by atoms with Gasteiger partial charge >= 0.3 is 0 Å². The zero-order valence-corrected chi connectivity index (χ0v) is 13.1. The van der Waals surface area contributed by atoms with Crippen molar-refractivity contribution in [3.63, 3.8) is 0 Å². The Balaban J connectivity index is 1.67. The third kappa shape index (κ3) is 4.05. The van der Waals surface area contributed by atoms with Crippen molar-refractivity contribution in [1.82, 2.24) is 14.8 Å². The van der Waals surface area contributed by atoms with E-state index >= 15 is 0 Å². The number of carbonyl (C=O) groups excluding carboxylic acids is 1. The molecule has 1 N–H and O–H groups in total. The van der Waals surface area contributed by atoms with Crippen LogP contribution in [0.1, 0.15) is 10.5 Å². The molecule has 1 amide bonds. The first-order valence-corrected chi connectivity index (χ1v) is 7.26. The smallest absolute Gasteiger partial charge is 0.277 e. The third-order valence-corrected chi connectivity index (χ3v) is 3.22. The van der Waals surface area contributed by atoms with Gasteiger partial charge in [0.2, 0.25) is 0 Å². The molecule has 0 aliphatic rings. The Morgan fingerprint density at radius 2 is 1.80 bits per heavy atom. The van der Waals surface area contributed by atoms with Crippen molar-refractivity contribution in [1.29, 1.82) is 0 Å². The van der Waals surface area contributed by atoms with E-state index in [4.69, 9.17) is 4.74 Å². The van der Waals surface area contributed by atoms with Crippen molar-refractivity contribution in [3.05, 3.63) is 76.6 Å². The molecule has 1 aromatic carbocycles. The first-order chi connectivity index (χ1) is 12.0. The summed E-state index contributed by atoms with van der Waals surface area (Å²) in [5, 5.41) is 6.43. The molecule has 126 valence electrons. The predicted molar refractivity (Wildman–Crippen MR) is 88.1 cm³/mol. The van der Waals surface area contributed by atoms with Crippen LogP contribution in [0.25, 0.3) is 0 Å². The molecular weight excluding hydrogens is 327 g/mol. The van der Waals surface area contributed by atoms with E-state index in [-0.39, 0.29) is 17.1 Å². The fraction of sp³-hybridized carbons (Fsp3) is 0.0588. The highest BCUT2D eigenvalue weighted by Crippen LogP contribution is 2.21. The summed E-state index contributed by atoms with van der Waals surface area (Å²) in [7, 11) is 1.46. The van der Waals surface area contributed by atoms with Crippen LogP contribution < -0.4 is 15.6 Å². The second-order valence-corrected chi connectivity index (χ2v) is 5.07. The lowest BCUT2D eigenvalue weighted by Gasteiger charge is -2.07. The summed E-state index contributed by atoms with van der Waals surface area (Å²) in [5.74, 6) is 0.359. The molecule has 7 nitrogen and oxygen atoms in total. The standard InChI is InChI=1S/C17H13FN4O3/c1-22-16(23)9-7-14(21-22)17(24)20-15-8-6-13(10-19-15)25-12-4-2-11(18)3-5-12/h2-10H,1H3,(H,19,20,24). The number of hydrogen-bond acceptors (Lipinski definition) is 5. The van der Waals surface area contributed by atoms with Gasteiger partial charge in [0.25, 0.3) is 11.5 Å². The molecule has 25 heavy (non-hydrogen) atoms. The highest BCUT2D eigenvalue weighted by atomic mass is 19.1. The van der Waals surface area contributed by atoms with Gasteiger partial charge in [-0.25, -0.2) is 14.1 Å². The van der Waals surface area contributed by atoms with Crippen LogP contribution in [-0.2, 0) is 7.05 Å². The van der Waals surface area contributed by atoms with E-state index in [0.717, 1.165) is 4.68 Å². The van der Waals surface area contributed by atoms with E-state index in [0.29, 0.717) is 17.3 Å². The maximum absolute atomic E-state index is 12.9. The van der Waals surface area contributed by atoms with E-state index in [9.17, 15) is 14.0 Å². The van der Waals surface area contributed by atoms with E-state index < -0.39 is 5.91 Å². The van der Waals surface area contributed by atoms with Crippen LogP contribution in [0.2, 0.25) is 0 Å². The lowest BCUT2D eigenvalue weighted by molar-refractivity contribution is 0.101. The molecule has 2 heterocycles. The number of aryl methyl sites for hydroxylation is 1. The zero-order valence-electron chi connectivity index (χ0n) is 13.1. The van der Waals surface area contributed by atoms with Crippen LogP contribution in [0.5, 0.6) is 11.5 Å². The molecule has 0 saturated heterocycles. The zero-order chi connectivity index (χ0) is 17.8. The monoisotopic (exact) mass is 340 g/mol. The van der Waals surface area contributed by atoms with Crippen LogP contribution in [0.3, 0.4) is 0 Å². The molecule has 2 aromatic heterocycles. The Morgan fingerprint density at radius 3 is 2.44 bits per heavy atom. The van der Waals surface area contributed by atoms with Crippen LogP contribution in [0.4, 0.5) is 10.2 Å². The summed E-state index contributed by atoms with van der Waals surface area (Å²) in [6.07, 6.45) is 1.42. The molecule has 3 aromatic rings. The molecule has 0 atom stereocenters. The van der Waals surface area contributed by atoms with Gasteiger partial charge in [-0.05, 0) is 42.5 Å². The minimum atomic E-state index is -0.490. The normalized spacial score (nSPS) is 10.3. The summed E-state index contributed by atoms with van der Waals surface area (Å²) >= 11 is 0. The number of nitrogens with one attached hydrogen (secondary N) is 1. The molecule has 0 aliphatic carbocycles. The molecule has 0 fully saturated rings. The molecule has 0 spiro atoms. The van der Waals surface area contributed by atoms with Gasteiger partial charge in [0.05, 0.1) is 6.20 Å². The summed E-state index contributed by atoms with van der Waals surface area (Å²) in [4.78, 5) is 27.4. The Kier molecular flexibility index (Phi) is 4.51. The lowest BCUT2D eigenvalue weighted by atomic mass is 10.3. The largest absolute Gasteiger partial charge is 0.456 e. The van der Waals surface area contributed by atoms with Gasteiger partial charge in [-0.2, -0.15) is 5.10 Å². The van der Waals surface area contributed by atoms with Gasteiger partial charge in [0.15, 0.2) is 0 Å². The number of pyridine rings is 1. The van der Waals surface area contributed by atoms with E-state index in [2.05, 4.69) is 15.4 Å². The van der Waals surface area contributed by atoms with Gasteiger partial charge in [0, 0.05) is 13.1 Å². The molecule has 0 aliphatic heterocycles. The number of carbonyl (C=O) groups is 1. The fourth-order valence-corrected chi connectivity index (χ4v) is 1.96. The Morgan fingerprint density at radius 1 is 1.08 bits per heavy atom. The van der Waals surface area contributed by atoms with Crippen molar-refractivity contribution >= 4 is 11.7 Å². The number of aromatic nitrogens is 3. The summed E-state index contributed by atoms with van der Waals surface area (Å²) < 4.78 is 19.4. The second-order valence-electron chi connectivity index (χ2n) is 5.07. The van der Waals surface area contributed by atoms with Crippen molar-refractivity contribution in [2.75, 3.05) is 5.32 Å². The molecule has 3 rings (SSSR count). The molecule has 0 unspecified atom stereocenters. The highest BCUT2D eigenvalue weighted by Gasteiger charge is 2.10. The summed E-state index contributed by atoms with van der Waals surface area (Å²) in [6.45, 7) is 0. The van der Waals surface area contributed by atoms with Gasteiger partial charge in [-0.3, -0.25) is 9.59 Å². The Labute approximate surface area is 141 Å². The van der Waals surface area contributed by atoms with Gasteiger partial charge in [-0.15, -0.1) is 0 Å². The van der Waals surface area contributed by atoms with Crippen molar-refractivity contribution in [2.24, 2.45) is 7.05 Å². The van der Waals surface area contributed by atoms with E-state index in [1.165, 1.54) is 49.6 Å². The second kappa shape index (κ2) is 6.91. The molecular formula is C17H13FN4O3. The lowest BCUT2D eigenvalue weighted by Crippen LogP contribution is -2.23. The number of benzene rings is 1. The van der Waals surface area contributed by atoms with Crippen LogP contribution in [0.15, 0.2) is 59.5 Å². The first-order valence-electron chi connectivity index (χ1n) is 7.26. The number of amides is 1. The van der Waals surface area contributed by atoms with Crippen molar-refractivity contribution in [3.8, 4) is 11.5 Å². The SMILES string of the molecule is Cn1nc(C(=O)Nc2ccc(Oc3ccc(F)cc3)cn2)ccc1=O. The topological polar surface area (TPSA) is 86.1 Å². The fourth-order valence-electron chi connectivity index (χ4n) is 1.96. The highest BCUT2D eigenvalue weighted by molar-refractivity contribution is 6.02. The van der Waals surface area contributed by atoms with Crippen molar-refractivity contribution in [2.45, 2.75) is 0 Å². The number of ether oxygens (including phenoxy) is 1. The van der Waals surface area contributed by atoms with Crippen LogP contribution in [0, 0.1) is 5.82 Å². The summed E-state index contributed by atoms with van der Waals surface area (Å²) in [6, 6.07) is 11.3. The van der Waals surface area contributed by atoms with Gasteiger partial charge < -0.3 is 10.1 Å². The van der Waals surface area contributed by atoms with E-state index in [1.54, 1.807) is 12.1 Å². The van der Waals surface area contributed by atoms with Crippen LogP contribution >= 0.6 is 0 Å². The summed E-state index contributed by atoms with van der Waals surface area (Å²) in [5.41, 5.74) is -0.215. The molecule has 0 radical (unpaired) electrons. The van der Waals surface area contributed by atoms with Crippen LogP contribution in [-0.4, -0.2) is 20.7 Å². The predicted octanol–water partition coefficient (Wildman–Crippen LogP) is 2.36. The average molecular weight is 340 g/mol. The Bertz CT molecular complexity index is 953. The van der Waals surface area contributed by atoms with Gasteiger partial charge in [-0.1, -0.05) is 0 Å². The maximum Gasteiger partial charge on any atom is 0.277 e. The number of halogens is 1. The van der Waals surface area contributed by atoms with E-state index in [1.807, 2.05) is 0 Å². The maximum atomic E-state index is 12.9. The number of anilines is 1. The molecule has 8 heteroatoms. The Hall–Kier alpha value is -3.55. The molecule has 0 saturated carbocycles. The average Bonchev–Trinajstić information content (AvgIpc) is 2.61. The first kappa shape index (κ1) is 16.3. The van der Waals surface area contributed by atoms with Gasteiger partial charge in [0.1, 0.15) is 28.8 Å². The van der Waals surface area contributed by atoms with Crippen molar-refractivity contribution < 1.29 is 13.9 Å². The minimum Gasteiger partial charge on any atom is -0.456 e. The third-order valence-electron chi connectivity index (χ3n) is 3.22. The quantitative estimate of drug-likeness (QED) is 0.788. The number of nitrogens with zero attached hydrogens (tertiary/aromatic N) is 3. The number of hydrogen-bond donors (Lipinski definition) is 1. The minimum absolute atomic E-state index is 0.0931. The number of rotatable bonds is 4. The molecule has 0 bridgehead atoms.